The highest BCUT2D eigenvalue weighted by molar-refractivity contribution is 7.98. The molecular weight excluding hydrogens is 376 g/mol. The van der Waals surface area contributed by atoms with Gasteiger partial charge in [-0.2, -0.15) is 4.98 Å². The van der Waals surface area contributed by atoms with Crippen molar-refractivity contribution >= 4 is 17.7 Å². The number of thioether (sulfide) groups is 1. The number of nitrogens with zero attached hydrogens (tertiary/aromatic N) is 5. The van der Waals surface area contributed by atoms with Gasteiger partial charge in [0.25, 0.3) is 0 Å². The molecule has 3 rings (SSSR count). The van der Waals surface area contributed by atoms with Crippen LogP contribution in [-0.4, -0.2) is 30.8 Å². The Hall–Kier alpha value is -2.68. The molecule has 2 N–H and O–H groups in total. The van der Waals surface area contributed by atoms with Crippen molar-refractivity contribution in [3.05, 3.63) is 41.5 Å². The molecule has 9 heteroatoms. The maximum absolute atomic E-state index is 11.1. The third kappa shape index (κ3) is 5.19. The summed E-state index contributed by atoms with van der Waals surface area (Å²) in [5.41, 5.74) is 7.33. The number of hydrogen-bond acceptors (Lipinski definition) is 7. The number of aryl methyl sites for hydroxylation is 2. The number of carbonyl (C=O) groups excluding carboxylic acids is 1. The predicted molar refractivity (Wildman–Crippen MR) is 106 cm³/mol. The van der Waals surface area contributed by atoms with Crippen LogP contribution in [0.2, 0.25) is 0 Å². The standard InChI is InChI=1S/C19H24N6O2S/c1-12(2)10-25-16(8-7-15(20)26)22-23-19(25)28-11-17-21-18(24-27-17)14-6-4-5-13(3)9-14/h4-6,9,12H,7-8,10-11H2,1-3H3,(H2,20,26). The van der Waals surface area contributed by atoms with Crippen LogP contribution in [0.4, 0.5) is 0 Å². The molecule has 0 saturated carbocycles. The van der Waals surface area contributed by atoms with E-state index >= 15 is 0 Å². The number of benzene rings is 1. The molecule has 0 aliphatic heterocycles. The minimum atomic E-state index is -0.345. The molecule has 0 aliphatic rings. The number of nitrogens with two attached hydrogens (primary N) is 1. The molecular formula is C19H24N6O2S. The van der Waals surface area contributed by atoms with E-state index in [1.807, 2.05) is 35.8 Å². The third-order valence-corrected chi connectivity index (χ3v) is 4.96. The fourth-order valence-corrected chi connectivity index (χ4v) is 3.54. The number of hydrogen-bond donors (Lipinski definition) is 1. The summed E-state index contributed by atoms with van der Waals surface area (Å²) in [7, 11) is 0. The average molecular weight is 401 g/mol. The quantitative estimate of drug-likeness (QED) is 0.549. The van der Waals surface area contributed by atoms with Crippen molar-refractivity contribution in [3.8, 4) is 11.4 Å². The van der Waals surface area contributed by atoms with Crippen LogP contribution in [0.3, 0.4) is 0 Å². The van der Waals surface area contributed by atoms with Gasteiger partial charge in [-0.05, 0) is 18.9 Å². The SMILES string of the molecule is Cc1cccc(-c2noc(CSc3nnc(CCC(N)=O)n3CC(C)C)n2)c1. The summed E-state index contributed by atoms with van der Waals surface area (Å²) in [6.07, 6.45) is 0.734. The molecule has 2 heterocycles. The van der Waals surface area contributed by atoms with Crippen LogP contribution in [0.5, 0.6) is 0 Å². The largest absolute Gasteiger partial charge is 0.370 e. The van der Waals surface area contributed by atoms with E-state index in [1.165, 1.54) is 11.8 Å². The molecule has 28 heavy (non-hydrogen) atoms. The highest BCUT2D eigenvalue weighted by Crippen LogP contribution is 2.24. The van der Waals surface area contributed by atoms with Crippen molar-refractivity contribution in [2.45, 2.75) is 51.1 Å². The van der Waals surface area contributed by atoms with E-state index < -0.39 is 0 Å². The summed E-state index contributed by atoms with van der Waals surface area (Å²) in [6.45, 7) is 7.04. The molecule has 0 atom stereocenters. The highest BCUT2D eigenvalue weighted by Gasteiger charge is 2.16. The Morgan fingerprint density at radius 1 is 1.32 bits per heavy atom. The van der Waals surface area contributed by atoms with Crippen LogP contribution in [-0.2, 0) is 23.5 Å². The van der Waals surface area contributed by atoms with Crippen LogP contribution in [0.1, 0.15) is 37.5 Å². The fraction of sp³-hybridized carbons (Fsp3) is 0.421. The van der Waals surface area contributed by atoms with E-state index in [2.05, 4.69) is 34.2 Å². The Balaban J connectivity index is 1.71. The minimum Gasteiger partial charge on any atom is -0.370 e. The van der Waals surface area contributed by atoms with Crippen molar-refractivity contribution in [1.29, 1.82) is 0 Å². The minimum absolute atomic E-state index is 0.254. The number of amides is 1. The number of rotatable bonds is 9. The van der Waals surface area contributed by atoms with Crippen molar-refractivity contribution in [1.82, 2.24) is 24.9 Å². The second-order valence-corrected chi connectivity index (χ2v) is 7.98. The lowest BCUT2D eigenvalue weighted by Gasteiger charge is -2.11. The first kappa shape index (κ1) is 20.1. The Bertz CT molecular complexity index is 950. The lowest BCUT2D eigenvalue weighted by Crippen LogP contribution is -2.15. The number of carbonyl (C=O) groups is 1. The van der Waals surface area contributed by atoms with Crippen LogP contribution in [0, 0.1) is 12.8 Å². The maximum atomic E-state index is 11.1. The predicted octanol–water partition coefficient (Wildman–Crippen LogP) is 3.00. The van der Waals surface area contributed by atoms with Gasteiger partial charge in [-0.25, -0.2) is 0 Å². The van der Waals surface area contributed by atoms with Gasteiger partial charge < -0.3 is 14.8 Å². The summed E-state index contributed by atoms with van der Waals surface area (Å²) >= 11 is 1.49. The second kappa shape index (κ2) is 9.01. The van der Waals surface area contributed by atoms with Gasteiger partial charge in [0.05, 0.1) is 5.75 Å². The van der Waals surface area contributed by atoms with Gasteiger partial charge in [0.1, 0.15) is 5.82 Å². The normalized spacial score (nSPS) is 11.3. The molecule has 0 fully saturated rings. The Morgan fingerprint density at radius 2 is 2.14 bits per heavy atom. The van der Waals surface area contributed by atoms with E-state index in [1.54, 1.807) is 0 Å². The molecule has 3 aromatic rings. The van der Waals surface area contributed by atoms with Crippen LogP contribution < -0.4 is 5.73 Å². The number of aromatic nitrogens is 5. The van der Waals surface area contributed by atoms with E-state index in [-0.39, 0.29) is 12.3 Å². The zero-order chi connectivity index (χ0) is 20.1. The highest BCUT2D eigenvalue weighted by atomic mass is 32.2. The Labute approximate surface area is 167 Å². The van der Waals surface area contributed by atoms with E-state index in [9.17, 15) is 4.79 Å². The van der Waals surface area contributed by atoms with Gasteiger partial charge in [-0.15, -0.1) is 10.2 Å². The first-order valence-electron chi connectivity index (χ1n) is 9.15. The first-order chi connectivity index (χ1) is 13.4. The average Bonchev–Trinajstić information content (AvgIpc) is 3.25. The molecule has 0 spiro atoms. The summed E-state index contributed by atoms with van der Waals surface area (Å²) in [6, 6.07) is 7.97. The van der Waals surface area contributed by atoms with E-state index in [0.29, 0.717) is 29.8 Å². The third-order valence-electron chi connectivity index (χ3n) is 4.01. The van der Waals surface area contributed by atoms with E-state index in [4.69, 9.17) is 10.3 Å². The van der Waals surface area contributed by atoms with Gasteiger partial charge in [-0.3, -0.25) is 4.79 Å². The van der Waals surface area contributed by atoms with Gasteiger partial charge in [0.2, 0.25) is 17.6 Å². The summed E-state index contributed by atoms with van der Waals surface area (Å²) in [5, 5.41) is 13.3. The lowest BCUT2D eigenvalue weighted by molar-refractivity contribution is -0.118. The molecule has 0 bridgehead atoms. The second-order valence-electron chi connectivity index (χ2n) is 7.04. The van der Waals surface area contributed by atoms with E-state index in [0.717, 1.165) is 28.7 Å². The van der Waals surface area contributed by atoms with Crippen molar-refractivity contribution in [2.75, 3.05) is 0 Å². The van der Waals surface area contributed by atoms with Crippen molar-refractivity contribution in [2.24, 2.45) is 11.7 Å². The van der Waals surface area contributed by atoms with Crippen molar-refractivity contribution in [3.63, 3.8) is 0 Å². The molecule has 0 unspecified atom stereocenters. The zero-order valence-corrected chi connectivity index (χ0v) is 17.1. The molecule has 0 saturated heterocycles. The Morgan fingerprint density at radius 3 is 2.86 bits per heavy atom. The topological polar surface area (TPSA) is 113 Å². The first-order valence-corrected chi connectivity index (χ1v) is 10.1. The molecule has 0 radical (unpaired) electrons. The summed E-state index contributed by atoms with van der Waals surface area (Å²) in [4.78, 5) is 15.6. The smallest absolute Gasteiger partial charge is 0.237 e. The molecule has 8 nitrogen and oxygen atoms in total. The Kier molecular flexibility index (Phi) is 6.45. The molecule has 1 amide bonds. The van der Waals surface area contributed by atoms with Crippen LogP contribution in [0.25, 0.3) is 11.4 Å². The van der Waals surface area contributed by atoms with Crippen molar-refractivity contribution < 1.29 is 9.32 Å². The monoisotopic (exact) mass is 400 g/mol. The van der Waals surface area contributed by atoms with Gasteiger partial charge in [0.15, 0.2) is 5.16 Å². The van der Waals surface area contributed by atoms with Gasteiger partial charge in [0, 0.05) is 24.9 Å². The summed E-state index contributed by atoms with van der Waals surface area (Å²) < 4.78 is 7.42. The van der Waals surface area contributed by atoms with Gasteiger partial charge in [-0.1, -0.05) is 54.5 Å². The fourth-order valence-electron chi connectivity index (χ4n) is 2.74. The zero-order valence-electron chi connectivity index (χ0n) is 16.3. The maximum Gasteiger partial charge on any atom is 0.237 e. The molecule has 2 aromatic heterocycles. The lowest BCUT2D eigenvalue weighted by atomic mass is 10.1. The number of primary amides is 1. The van der Waals surface area contributed by atoms with Gasteiger partial charge >= 0.3 is 0 Å². The molecule has 0 aliphatic carbocycles. The molecule has 1 aromatic carbocycles. The summed E-state index contributed by atoms with van der Waals surface area (Å²) in [5.74, 6) is 2.43. The van der Waals surface area contributed by atoms with Crippen LogP contribution >= 0.6 is 11.8 Å². The van der Waals surface area contributed by atoms with Crippen LogP contribution in [0.15, 0.2) is 33.9 Å². The molecule has 148 valence electrons.